The van der Waals surface area contributed by atoms with E-state index in [1.807, 2.05) is 45.0 Å². The molecule has 1 aliphatic carbocycles. The van der Waals surface area contributed by atoms with E-state index in [0.29, 0.717) is 22.6 Å². The molecule has 1 fully saturated rings. The van der Waals surface area contributed by atoms with Crippen LogP contribution < -0.4 is 15.5 Å². The molecule has 0 bridgehead atoms. The van der Waals surface area contributed by atoms with Crippen LogP contribution in [0, 0.1) is 13.8 Å². The van der Waals surface area contributed by atoms with Crippen LogP contribution in [0.4, 0.5) is 11.8 Å². The van der Waals surface area contributed by atoms with Crippen LogP contribution in [0.25, 0.3) is 0 Å². The second-order valence-electron chi connectivity index (χ2n) is 7.62. The van der Waals surface area contributed by atoms with Gasteiger partial charge in [0.05, 0.1) is 10.6 Å². The first-order valence-corrected chi connectivity index (χ1v) is 10.1. The number of aromatic nitrogens is 2. The van der Waals surface area contributed by atoms with Crippen molar-refractivity contribution in [3.05, 3.63) is 46.1 Å². The molecule has 2 aromatic rings. The van der Waals surface area contributed by atoms with Gasteiger partial charge < -0.3 is 15.5 Å². The summed E-state index contributed by atoms with van der Waals surface area (Å²) in [7, 11) is 3.98. The highest BCUT2D eigenvalue weighted by atomic mass is 35.5. The Hall–Kier alpha value is -2.34. The molecular formula is C21H28ClN5O. The molecule has 0 spiro atoms. The molecule has 0 aliphatic heterocycles. The first kappa shape index (κ1) is 20.4. The van der Waals surface area contributed by atoms with Crippen molar-refractivity contribution < 1.29 is 4.79 Å². The third-order valence-corrected chi connectivity index (χ3v) is 5.63. The van der Waals surface area contributed by atoms with E-state index >= 15 is 0 Å². The van der Waals surface area contributed by atoms with E-state index in [1.165, 1.54) is 0 Å². The van der Waals surface area contributed by atoms with E-state index < -0.39 is 0 Å². The maximum absolute atomic E-state index is 12.4. The van der Waals surface area contributed by atoms with Crippen LogP contribution in [0.1, 0.15) is 47.3 Å². The van der Waals surface area contributed by atoms with Crippen molar-refractivity contribution in [2.75, 3.05) is 24.3 Å². The van der Waals surface area contributed by atoms with Crippen molar-refractivity contribution in [1.82, 2.24) is 15.3 Å². The lowest BCUT2D eigenvalue weighted by Gasteiger charge is -2.30. The van der Waals surface area contributed by atoms with Gasteiger partial charge in [0.25, 0.3) is 5.91 Å². The normalized spacial score (nSPS) is 19.2. The van der Waals surface area contributed by atoms with Gasteiger partial charge in [-0.1, -0.05) is 23.7 Å². The monoisotopic (exact) mass is 401 g/mol. The van der Waals surface area contributed by atoms with E-state index in [2.05, 4.69) is 20.6 Å². The Bertz CT molecular complexity index is 847. The van der Waals surface area contributed by atoms with Crippen LogP contribution in [-0.4, -0.2) is 42.1 Å². The number of anilines is 2. The lowest BCUT2D eigenvalue weighted by atomic mass is 9.91. The number of benzene rings is 1. The Labute approximate surface area is 171 Å². The summed E-state index contributed by atoms with van der Waals surface area (Å²) in [6.45, 7) is 4.05. The summed E-state index contributed by atoms with van der Waals surface area (Å²) in [5.74, 6) is 1.51. The van der Waals surface area contributed by atoms with Gasteiger partial charge in [-0.25, -0.2) is 4.98 Å². The van der Waals surface area contributed by atoms with Crippen molar-refractivity contribution in [1.29, 1.82) is 0 Å². The molecule has 1 saturated carbocycles. The lowest BCUT2D eigenvalue weighted by molar-refractivity contribution is 0.0926. The summed E-state index contributed by atoms with van der Waals surface area (Å²) in [6.07, 6.45) is 3.75. The highest BCUT2D eigenvalue weighted by molar-refractivity contribution is 6.33. The Morgan fingerprint density at radius 1 is 1.07 bits per heavy atom. The highest BCUT2D eigenvalue weighted by Crippen LogP contribution is 2.24. The van der Waals surface area contributed by atoms with Gasteiger partial charge in [-0.15, -0.1) is 0 Å². The van der Waals surface area contributed by atoms with Crippen LogP contribution in [0.15, 0.2) is 24.3 Å². The van der Waals surface area contributed by atoms with Crippen molar-refractivity contribution in [3.8, 4) is 0 Å². The number of nitrogens with one attached hydrogen (secondary N) is 2. The van der Waals surface area contributed by atoms with Gasteiger partial charge in [-0.05, 0) is 51.7 Å². The molecule has 0 radical (unpaired) electrons. The van der Waals surface area contributed by atoms with Gasteiger partial charge in [0.2, 0.25) is 5.95 Å². The Balaban J connectivity index is 1.56. The fourth-order valence-corrected chi connectivity index (χ4v) is 3.81. The average molecular weight is 402 g/mol. The van der Waals surface area contributed by atoms with Gasteiger partial charge in [0.15, 0.2) is 0 Å². The number of halogens is 1. The molecule has 1 heterocycles. The summed E-state index contributed by atoms with van der Waals surface area (Å²) in [4.78, 5) is 23.7. The van der Waals surface area contributed by atoms with E-state index in [-0.39, 0.29) is 11.9 Å². The van der Waals surface area contributed by atoms with Gasteiger partial charge in [-0.2, -0.15) is 4.98 Å². The molecule has 1 aromatic heterocycles. The van der Waals surface area contributed by atoms with E-state index in [0.717, 1.165) is 42.8 Å². The van der Waals surface area contributed by atoms with Crippen LogP contribution >= 0.6 is 11.6 Å². The second-order valence-corrected chi connectivity index (χ2v) is 8.03. The zero-order valence-corrected chi connectivity index (χ0v) is 17.7. The summed E-state index contributed by atoms with van der Waals surface area (Å²) in [5, 5.41) is 7.07. The van der Waals surface area contributed by atoms with Crippen LogP contribution in [-0.2, 0) is 0 Å². The zero-order valence-electron chi connectivity index (χ0n) is 16.9. The van der Waals surface area contributed by atoms with Gasteiger partial charge in [0.1, 0.15) is 5.82 Å². The molecule has 0 atom stereocenters. The minimum Gasteiger partial charge on any atom is -0.362 e. The molecule has 1 aromatic carbocycles. The first-order chi connectivity index (χ1) is 13.3. The van der Waals surface area contributed by atoms with E-state index in [4.69, 9.17) is 11.6 Å². The quantitative estimate of drug-likeness (QED) is 0.793. The average Bonchev–Trinajstić information content (AvgIpc) is 2.66. The van der Waals surface area contributed by atoms with Crippen molar-refractivity contribution in [2.45, 2.75) is 51.6 Å². The molecular weight excluding hydrogens is 374 g/mol. The van der Waals surface area contributed by atoms with Gasteiger partial charge in [0, 0.05) is 37.4 Å². The predicted octanol–water partition coefficient (Wildman–Crippen LogP) is 3.97. The fourth-order valence-electron chi connectivity index (χ4n) is 3.59. The van der Waals surface area contributed by atoms with Crippen molar-refractivity contribution in [3.63, 3.8) is 0 Å². The standard InChI is InChI=1S/C21H28ClN5O/c1-13-14(2)23-21(26-19(13)27(3)4)25-16-11-9-15(10-12-16)24-20(28)17-7-5-6-8-18(17)22/h5-8,15-16H,9-12H2,1-4H3,(H,24,28)(H,23,25,26)/t15-,16+. The second kappa shape index (κ2) is 8.78. The van der Waals surface area contributed by atoms with Crippen LogP contribution in [0.3, 0.4) is 0 Å². The molecule has 150 valence electrons. The predicted molar refractivity (Wildman–Crippen MR) is 114 cm³/mol. The third kappa shape index (κ3) is 4.73. The number of nitrogens with zero attached hydrogens (tertiary/aromatic N) is 3. The SMILES string of the molecule is Cc1nc(N[C@H]2CC[C@@H](NC(=O)c3ccccc3Cl)CC2)nc(N(C)C)c1C. The van der Waals surface area contributed by atoms with Gasteiger partial charge >= 0.3 is 0 Å². The van der Waals surface area contributed by atoms with Crippen LogP contribution in [0.2, 0.25) is 5.02 Å². The lowest BCUT2D eigenvalue weighted by Crippen LogP contribution is -2.40. The molecule has 2 N–H and O–H groups in total. The Kier molecular flexibility index (Phi) is 6.39. The number of hydrogen-bond donors (Lipinski definition) is 2. The number of amides is 1. The number of carbonyl (C=O) groups is 1. The number of rotatable bonds is 5. The number of aryl methyl sites for hydroxylation is 1. The van der Waals surface area contributed by atoms with Crippen molar-refractivity contribution >= 4 is 29.3 Å². The zero-order chi connectivity index (χ0) is 20.3. The largest absolute Gasteiger partial charge is 0.362 e. The molecule has 7 heteroatoms. The Morgan fingerprint density at radius 3 is 2.36 bits per heavy atom. The molecule has 3 rings (SSSR count). The highest BCUT2D eigenvalue weighted by Gasteiger charge is 2.24. The maximum Gasteiger partial charge on any atom is 0.253 e. The molecule has 1 aliphatic rings. The minimum atomic E-state index is -0.102. The van der Waals surface area contributed by atoms with E-state index in [1.54, 1.807) is 12.1 Å². The van der Waals surface area contributed by atoms with E-state index in [9.17, 15) is 4.79 Å². The molecule has 28 heavy (non-hydrogen) atoms. The van der Waals surface area contributed by atoms with Crippen LogP contribution in [0.5, 0.6) is 0 Å². The minimum absolute atomic E-state index is 0.102. The topological polar surface area (TPSA) is 70.1 Å². The van der Waals surface area contributed by atoms with Gasteiger partial charge in [-0.3, -0.25) is 4.79 Å². The molecule has 1 amide bonds. The Morgan fingerprint density at radius 2 is 1.71 bits per heavy atom. The smallest absolute Gasteiger partial charge is 0.253 e. The summed E-state index contributed by atoms with van der Waals surface area (Å²) < 4.78 is 0. The third-order valence-electron chi connectivity index (χ3n) is 5.30. The molecule has 0 unspecified atom stereocenters. The summed E-state index contributed by atoms with van der Waals surface area (Å²) in [6, 6.07) is 7.62. The molecule has 6 nitrogen and oxygen atoms in total. The molecule has 0 saturated heterocycles. The number of carbonyl (C=O) groups excluding carboxylic acids is 1. The van der Waals surface area contributed by atoms with Crippen molar-refractivity contribution in [2.24, 2.45) is 0 Å². The summed E-state index contributed by atoms with van der Waals surface area (Å²) in [5.41, 5.74) is 2.62. The first-order valence-electron chi connectivity index (χ1n) is 9.69. The fraction of sp³-hybridized carbons (Fsp3) is 0.476. The number of hydrogen-bond acceptors (Lipinski definition) is 5. The summed E-state index contributed by atoms with van der Waals surface area (Å²) >= 11 is 6.12. The maximum atomic E-state index is 12.4.